The molecule has 2 heterocycles. The second-order valence-corrected chi connectivity index (χ2v) is 7.89. The highest BCUT2D eigenvalue weighted by atomic mass is 35.5. The van der Waals surface area contributed by atoms with Crippen molar-refractivity contribution in [1.82, 2.24) is 19.9 Å². The van der Waals surface area contributed by atoms with E-state index in [4.69, 9.17) is 20.9 Å². The molecule has 1 aromatic heterocycles. The highest BCUT2D eigenvalue weighted by Gasteiger charge is 2.21. The molecule has 7 nitrogen and oxygen atoms in total. The summed E-state index contributed by atoms with van der Waals surface area (Å²) in [5.41, 5.74) is 1.83. The van der Waals surface area contributed by atoms with Crippen LogP contribution in [0.5, 0.6) is 5.75 Å². The lowest BCUT2D eigenvalue weighted by molar-refractivity contribution is -0.127. The Morgan fingerprint density at radius 2 is 1.81 bits per heavy atom. The van der Waals surface area contributed by atoms with Gasteiger partial charge in [0.15, 0.2) is 0 Å². The van der Waals surface area contributed by atoms with E-state index in [-0.39, 0.29) is 5.91 Å². The molecule has 0 spiro atoms. The van der Waals surface area contributed by atoms with Crippen LogP contribution >= 0.6 is 11.6 Å². The van der Waals surface area contributed by atoms with Gasteiger partial charge in [0.2, 0.25) is 17.6 Å². The van der Waals surface area contributed by atoms with Gasteiger partial charge in [0.1, 0.15) is 5.75 Å². The minimum Gasteiger partial charge on any atom is -0.494 e. The number of halogens is 1. The second-order valence-electron chi connectivity index (χ2n) is 7.46. The Hall–Kier alpha value is -3.16. The number of rotatable bonds is 7. The number of ether oxygens (including phenoxy) is 1. The van der Waals surface area contributed by atoms with Crippen molar-refractivity contribution in [2.45, 2.75) is 13.5 Å². The van der Waals surface area contributed by atoms with Crippen LogP contribution in [0, 0.1) is 0 Å². The zero-order chi connectivity index (χ0) is 22.3. The molecule has 1 aliphatic heterocycles. The predicted molar refractivity (Wildman–Crippen MR) is 123 cm³/mol. The van der Waals surface area contributed by atoms with Crippen LogP contribution in [-0.4, -0.2) is 58.6 Å². The maximum absolute atomic E-state index is 12.5. The molecule has 166 valence electrons. The van der Waals surface area contributed by atoms with Crippen molar-refractivity contribution < 1.29 is 14.1 Å². The van der Waals surface area contributed by atoms with E-state index in [9.17, 15) is 4.79 Å². The summed E-state index contributed by atoms with van der Waals surface area (Å²) in [6, 6.07) is 15.0. The molecule has 8 heteroatoms. The fraction of sp³-hybridized carbons (Fsp3) is 0.292. The van der Waals surface area contributed by atoms with E-state index in [0.717, 1.165) is 30.0 Å². The van der Waals surface area contributed by atoms with Gasteiger partial charge in [0.05, 0.1) is 13.2 Å². The van der Waals surface area contributed by atoms with Crippen LogP contribution in [0.25, 0.3) is 17.5 Å². The van der Waals surface area contributed by atoms with Gasteiger partial charge in [-0.05, 0) is 55.0 Å². The summed E-state index contributed by atoms with van der Waals surface area (Å²) in [5, 5.41) is 4.72. The standard InChI is InChI=1S/C24H25ClN4O3/c1-2-31-21-10-3-18(4-11-21)5-12-23(30)29-15-13-28(14-16-29)17-22-26-24(27-32-22)19-6-8-20(25)9-7-19/h3-12H,2,13-17H2,1H3. The molecule has 0 aliphatic carbocycles. The van der Waals surface area contributed by atoms with Gasteiger partial charge in [-0.2, -0.15) is 4.98 Å². The summed E-state index contributed by atoms with van der Waals surface area (Å²) in [7, 11) is 0. The highest BCUT2D eigenvalue weighted by Crippen LogP contribution is 2.19. The number of piperazine rings is 1. The monoisotopic (exact) mass is 452 g/mol. The molecular weight excluding hydrogens is 428 g/mol. The number of carbonyl (C=O) groups excluding carboxylic acids is 1. The molecule has 0 N–H and O–H groups in total. The first-order valence-electron chi connectivity index (χ1n) is 10.6. The zero-order valence-electron chi connectivity index (χ0n) is 17.9. The van der Waals surface area contributed by atoms with Crippen LogP contribution in [0.4, 0.5) is 0 Å². The van der Waals surface area contributed by atoms with Crippen molar-refractivity contribution >= 4 is 23.6 Å². The molecule has 3 aromatic rings. The lowest BCUT2D eigenvalue weighted by Gasteiger charge is -2.33. The van der Waals surface area contributed by atoms with Crippen LogP contribution in [-0.2, 0) is 11.3 Å². The van der Waals surface area contributed by atoms with Crippen molar-refractivity contribution in [3.8, 4) is 17.1 Å². The van der Waals surface area contributed by atoms with Gasteiger partial charge in [-0.25, -0.2) is 0 Å². The maximum Gasteiger partial charge on any atom is 0.246 e. The van der Waals surface area contributed by atoms with E-state index in [2.05, 4.69) is 15.0 Å². The second kappa shape index (κ2) is 10.4. The fourth-order valence-electron chi connectivity index (χ4n) is 3.47. The predicted octanol–water partition coefficient (Wildman–Crippen LogP) is 4.15. The molecule has 1 amide bonds. The smallest absolute Gasteiger partial charge is 0.246 e. The number of amides is 1. The van der Waals surface area contributed by atoms with Crippen molar-refractivity contribution in [2.24, 2.45) is 0 Å². The lowest BCUT2D eigenvalue weighted by atomic mass is 10.2. The average molecular weight is 453 g/mol. The van der Waals surface area contributed by atoms with Gasteiger partial charge in [0, 0.05) is 42.8 Å². The van der Waals surface area contributed by atoms with E-state index in [1.165, 1.54) is 0 Å². The molecular formula is C24H25ClN4O3. The molecule has 0 unspecified atom stereocenters. The summed E-state index contributed by atoms with van der Waals surface area (Å²) in [6.45, 7) is 5.96. The minimum atomic E-state index is 0.0151. The highest BCUT2D eigenvalue weighted by molar-refractivity contribution is 6.30. The quantitative estimate of drug-likeness (QED) is 0.501. The largest absolute Gasteiger partial charge is 0.494 e. The first kappa shape index (κ1) is 22.0. The third-order valence-corrected chi connectivity index (χ3v) is 5.47. The van der Waals surface area contributed by atoms with Crippen LogP contribution in [0.3, 0.4) is 0 Å². The Balaban J connectivity index is 1.26. The number of benzene rings is 2. The number of aromatic nitrogens is 2. The van der Waals surface area contributed by atoms with Gasteiger partial charge in [-0.1, -0.05) is 28.9 Å². The molecule has 1 fully saturated rings. The third kappa shape index (κ3) is 5.75. The van der Waals surface area contributed by atoms with Crippen LogP contribution in [0.1, 0.15) is 18.4 Å². The van der Waals surface area contributed by atoms with Gasteiger partial charge in [-0.15, -0.1) is 0 Å². The summed E-state index contributed by atoms with van der Waals surface area (Å²) in [6.07, 6.45) is 3.46. The zero-order valence-corrected chi connectivity index (χ0v) is 18.7. The Labute approximate surface area is 192 Å². The van der Waals surface area contributed by atoms with E-state index in [1.54, 1.807) is 18.2 Å². The Bertz CT molecular complexity index is 1060. The van der Waals surface area contributed by atoms with Crippen molar-refractivity contribution in [2.75, 3.05) is 32.8 Å². The van der Waals surface area contributed by atoms with E-state index in [1.807, 2.05) is 54.3 Å². The summed E-state index contributed by atoms with van der Waals surface area (Å²) in [4.78, 5) is 21.1. The SMILES string of the molecule is CCOc1ccc(C=CC(=O)N2CCN(Cc3nc(-c4ccc(Cl)cc4)no3)CC2)cc1. The summed E-state index contributed by atoms with van der Waals surface area (Å²) in [5.74, 6) is 1.95. The molecule has 32 heavy (non-hydrogen) atoms. The molecule has 0 saturated carbocycles. The first-order valence-corrected chi connectivity index (χ1v) is 11.0. The van der Waals surface area contributed by atoms with Crippen LogP contribution in [0.2, 0.25) is 5.02 Å². The molecule has 2 aromatic carbocycles. The Morgan fingerprint density at radius 3 is 2.50 bits per heavy atom. The van der Waals surface area contributed by atoms with E-state index >= 15 is 0 Å². The van der Waals surface area contributed by atoms with Crippen LogP contribution < -0.4 is 4.74 Å². The van der Waals surface area contributed by atoms with Gasteiger partial charge < -0.3 is 14.2 Å². The number of nitrogens with zero attached hydrogens (tertiary/aromatic N) is 4. The van der Waals surface area contributed by atoms with Crippen molar-refractivity contribution in [1.29, 1.82) is 0 Å². The van der Waals surface area contributed by atoms with Gasteiger partial charge >= 0.3 is 0 Å². The number of carbonyl (C=O) groups is 1. The van der Waals surface area contributed by atoms with E-state index < -0.39 is 0 Å². The topological polar surface area (TPSA) is 71.7 Å². The molecule has 0 bridgehead atoms. The van der Waals surface area contributed by atoms with Gasteiger partial charge in [-0.3, -0.25) is 9.69 Å². The number of hydrogen-bond donors (Lipinski definition) is 0. The minimum absolute atomic E-state index is 0.0151. The van der Waals surface area contributed by atoms with E-state index in [0.29, 0.717) is 43.0 Å². The average Bonchev–Trinajstić information content (AvgIpc) is 3.28. The lowest BCUT2D eigenvalue weighted by Crippen LogP contribution is -2.47. The third-order valence-electron chi connectivity index (χ3n) is 5.22. The normalized spacial score (nSPS) is 14.8. The Morgan fingerprint density at radius 1 is 1.09 bits per heavy atom. The molecule has 4 rings (SSSR count). The number of hydrogen-bond acceptors (Lipinski definition) is 6. The first-order chi connectivity index (χ1) is 15.6. The van der Waals surface area contributed by atoms with Crippen LogP contribution in [0.15, 0.2) is 59.1 Å². The fourth-order valence-corrected chi connectivity index (χ4v) is 3.59. The summed E-state index contributed by atoms with van der Waals surface area (Å²) >= 11 is 5.93. The molecule has 1 aliphatic rings. The maximum atomic E-state index is 12.5. The summed E-state index contributed by atoms with van der Waals surface area (Å²) < 4.78 is 10.8. The van der Waals surface area contributed by atoms with Crippen molar-refractivity contribution in [3.63, 3.8) is 0 Å². The Kier molecular flexibility index (Phi) is 7.19. The molecule has 0 atom stereocenters. The molecule has 1 saturated heterocycles. The van der Waals surface area contributed by atoms with Gasteiger partial charge in [0.25, 0.3) is 0 Å². The van der Waals surface area contributed by atoms with Crippen molar-refractivity contribution in [3.05, 3.63) is 71.1 Å². The molecule has 0 radical (unpaired) electrons.